The smallest absolute Gasteiger partial charge is 0.154 e. The van der Waals surface area contributed by atoms with Gasteiger partial charge in [0.05, 0.1) is 4.75 Å². The Labute approximate surface area is 124 Å². The molecule has 0 saturated carbocycles. The second kappa shape index (κ2) is 5.97. The third kappa shape index (κ3) is 3.61. The van der Waals surface area contributed by atoms with Crippen LogP contribution in [0.1, 0.15) is 19.4 Å². The van der Waals surface area contributed by atoms with Crippen LogP contribution in [-0.4, -0.2) is 25.5 Å². The molecule has 0 fully saturated rings. The minimum atomic E-state index is -3.29. The van der Waals surface area contributed by atoms with E-state index < -0.39 is 20.6 Å². The van der Waals surface area contributed by atoms with E-state index in [1.54, 1.807) is 32.0 Å². The van der Waals surface area contributed by atoms with Crippen molar-refractivity contribution in [1.29, 1.82) is 0 Å². The van der Waals surface area contributed by atoms with Crippen molar-refractivity contribution in [2.75, 3.05) is 6.26 Å². The van der Waals surface area contributed by atoms with Gasteiger partial charge in [0.2, 0.25) is 0 Å². The highest BCUT2D eigenvalue weighted by Crippen LogP contribution is 2.29. The molecular formula is C12H18Cl2N2O2S. The van der Waals surface area contributed by atoms with Gasteiger partial charge in [0.1, 0.15) is 0 Å². The number of nitrogens with two attached hydrogens (primary N) is 1. The Hall–Kier alpha value is -0.330. The van der Waals surface area contributed by atoms with Crippen molar-refractivity contribution in [3.05, 3.63) is 33.8 Å². The highest BCUT2D eigenvalue weighted by Gasteiger charge is 2.39. The predicted octanol–water partition coefficient (Wildman–Crippen LogP) is 2.19. The molecule has 1 atom stereocenters. The molecule has 1 unspecified atom stereocenters. The van der Waals surface area contributed by atoms with E-state index in [1.165, 1.54) is 6.26 Å². The number of nitrogens with one attached hydrogen (secondary N) is 1. The third-order valence-corrected chi connectivity index (χ3v) is 6.37. The van der Waals surface area contributed by atoms with E-state index in [1.807, 2.05) is 0 Å². The van der Waals surface area contributed by atoms with Crippen LogP contribution in [0.5, 0.6) is 0 Å². The normalized spacial score (nSPS) is 14.4. The van der Waals surface area contributed by atoms with Gasteiger partial charge >= 0.3 is 0 Å². The van der Waals surface area contributed by atoms with E-state index in [-0.39, 0.29) is 0 Å². The van der Waals surface area contributed by atoms with Gasteiger partial charge in [-0.3, -0.25) is 11.3 Å². The molecule has 3 N–H and O–H groups in total. The summed E-state index contributed by atoms with van der Waals surface area (Å²) in [5, 5.41) is 0.995. The number of hydrogen-bond donors (Lipinski definition) is 2. The van der Waals surface area contributed by atoms with Crippen molar-refractivity contribution < 1.29 is 8.42 Å². The van der Waals surface area contributed by atoms with Crippen molar-refractivity contribution in [2.45, 2.75) is 31.1 Å². The molecule has 108 valence electrons. The zero-order valence-electron chi connectivity index (χ0n) is 11.1. The number of benzene rings is 1. The summed E-state index contributed by atoms with van der Waals surface area (Å²) in [5.41, 5.74) is 3.24. The van der Waals surface area contributed by atoms with E-state index in [2.05, 4.69) is 5.43 Å². The lowest BCUT2D eigenvalue weighted by Gasteiger charge is -2.32. The quantitative estimate of drug-likeness (QED) is 0.643. The van der Waals surface area contributed by atoms with E-state index in [4.69, 9.17) is 29.0 Å². The molecule has 0 amide bonds. The van der Waals surface area contributed by atoms with Crippen LogP contribution >= 0.6 is 23.2 Å². The summed E-state index contributed by atoms with van der Waals surface area (Å²) in [6.07, 6.45) is 1.51. The van der Waals surface area contributed by atoms with E-state index in [9.17, 15) is 8.42 Å². The lowest BCUT2D eigenvalue weighted by molar-refractivity contribution is 0.413. The van der Waals surface area contributed by atoms with E-state index >= 15 is 0 Å². The lowest BCUT2D eigenvalue weighted by atomic mass is 9.96. The first kappa shape index (κ1) is 16.7. The molecule has 1 aromatic rings. The van der Waals surface area contributed by atoms with Crippen LogP contribution in [-0.2, 0) is 16.3 Å². The Morgan fingerprint density at radius 1 is 1.32 bits per heavy atom. The van der Waals surface area contributed by atoms with Crippen molar-refractivity contribution in [1.82, 2.24) is 5.43 Å². The molecule has 0 saturated heterocycles. The zero-order chi connectivity index (χ0) is 14.8. The van der Waals surface area contributed by atoms with Crippen LogP contribution in [0.25, 0.3) is 0 Å². The van der Waals surface area contributed by atoms with Crippen LogP contribution in [0.3, 0.4) is 0 Å². The molecule has 0 aliphatic heterocycles. The molecular weight excluding hydrogens is 307 g/mol. The Morgan fingerprint density at radius 3 is 2.16 bits per heavy atom. The fraction of sp³-hybridized carbons (Fsp3) is 0.500. The number of hydrazine groups is 1. The van der Waals surface area contributed by atoms with Gasteiger partial charge in [-0.05, 0) is 38.0 Å². The minimum absolute atomic E-state index is 0.328. The van der Waals surface area contributed by atoms with Crippen molar-refractivity contribution >= 4 is 33.0 Å². The number of sulfone groups is 1. The highest BCUT2D eigenvalue weighted by atomic mass is 35.5. The first-order chi connectivity index (χ1) is 8.61. The number of rotatable bonds is 5. The summed E-state index contributed by atoms with van der Waals surface area (Å²) in [7, 11) is -3.29. The molecule has 0 aliphatic rings. The summed E-state index contributed by atoms with van der Waals surface area (Å²) >= 11 is 12.2. The maximum absolute atomic E-state index is 11.9. The van der Waals surface area contributed by atoms with Gasteiger partial charge < -0.3 is 0 Å². The molecule has 0 heterocycles. The second-order valence-corrected chi connectivity index (χ2v) is 8.41. The van der Waals surface area contributed by atoms with Gasteiger partial charge in [-0.2, -0.15) is 0 Å². The fourth-order valence-corrected chi connectivity index (χ4v) is 2.92. The van der Waals surface area contributed by atoms with Gasteiger partial charge in [-0.1, -0.05) is 29.3 Å². The van der Waals surface area contributed by atoms with Crippen LogP contribution in [0.15, 0.2) is 18.2 Å². The Morgan fingerprint density at radius 2 is 1.79 bits per heavy atom. The number of halogens is 2. The first-order valence-electron chi connectivity index (χ1n) is 5.70. The maximum atomic E-state index is 11.9. The van der Waals surface area contributed by atoms with Gasteiger partial charge in [-0.25, -0.2) is 8.42 Å². The van der Waals surface area contributed by atoms with Crippen molar-refractivity contribution in [3.63, 3.8) is 0 Å². The Balaban J connectivity index is 3.15. The largest absolute Gasteiger partial charge is 0.271 e. The molecule has 19 heavy (non-hydrogen) atoms. The first-order valence-corrected chi connectivity index (χ1v) is 8.34. The van der Waals surface area contributed by atoms with Crippen molar-refractivity contribution in [3.8, 4) is 0 Å². The highest BCUT2D eigenvalue weighted by molar-refractivity contribution is 7.92. The molecule has 0 radical (unpaired) electrons. The van der Waals surface area contributed by atoms with Crippen LogP contribution in [0.2, 0.25) is 10.0 Å². The average molecular weight is 325 g/mol. The standard InChI is InChI=1S/C12H18Cl2N2O2S/c1-12(2,19(3,17)18)11(16-15)7-8-9(13)5-4-6-10(8)14/h4-6,11,16H,7,15H2,1-3H3. The zero-order valence-corrected chi connectivity index (χ0v) is 13.4. The molecule has 7 heteroatoms. The van der Waals surface area contributed by atoms with Crippen LogP contribution in [0.4, 0.5) is 0 Å². The molecule has 1 rings (SSSR count). The second-order valence-electron chi connectivity index (χ2n) is 5.00. The maximum Gasteiger partial charge on any atom is 0.154 e. The minimum Gasteiger partial charge on any atom is -0.271 e. The van der Waals surface area contributed by atoms with Gasteiger partial charge in [0.15, 0.2) is 9.84 Å². The summed E-state index contributed by atoms with van der Waals surface area (Å²) < 4.78 is 22.7. The predicted molar refractivity (Wildman–Crippen MR) is 80.2 cm³/mol. The SMILES string of the molecule is CC(C)(C(Cc1c(Cl)cccc1Cl)NN)S(C)(=O)=O. The molecule has 0 bridgehead atoms. The van der Waals surface area contributed by atoms with Crippen molar-refractivity contribution in [2.24, 2.45) is 5.84 Å². The summed E-state index contributed by atoms with van der Waals surface area (Å²) in [4.78, 5) is 0. The Bertz CT molecular complexity index is 539. The number of hydrogen-bond acceptors (Lipinski definition) is 4. The van der Waals surface area contributed by atoms with Crippen LogP contribution < -0.4 is 11.3 Å². The lowest BCUT2D eigenvalue weighted by Crippen LogP contribution is -2.55. The van der Waals surface area contributed by atoms with Gasteiger partial charge in [0, 0.05) is 22.3 Å². The molecule has 1 aromatic carbocycles. The molecule has 0 aliphatic carbocycles. The van der Waals surface area contributed by atoms with E-state index in [0.29, 0.717) is 22.0 Å². The van der Waals surface area contributed by atoms with Gasteiger partial charge in [0.25, 0.3) is 0 Å². The topological polar surface area (TPSA) is 72.2 Å². The van der Waals surface area contributed by atoms with Crippen LogP contribution in [0, 0.1) is 0 Å². The van der Waals surface area contributed by atoms with Gasteiger partial charge in [-0.15, -0.1) is 0 Å². The van der Waals surface area contributed by atoms with E-state index in [0.717, 1.165) is 0 Å². The third-order valence-electron chi connectivity index (χ3n) is 3.47. The summed E-state index contributed by atoms with van der Waals surface area (Å²) in [6, 6.07) is 4.66. The summed E-state index contributed by atoms with van der Waals surface area (Å²) in [6.45, 7) is 3.25. The Kier molecular flexibility index (Phi) is 5.26. The fourth-order valence-electron chi connectivity index (χ4n) is 1.70. The summed E-state index contributed by atoms with van der Waals surface area (Å²) in [5.74, 6) is 5.50. The molecule has 4 nitrogen and oxygen atoms in total. The molecule has 0 aromatic heterocycles. The monoisotopic (exact) mass is 324 g/mol. The molecule has 0 spiro atoms. The average Bonchev–Trinajstić information content (AvgIpc) is 2.26.